The Morgan fingerprint density at radius 2 is 1.64 bits per heavy atom. The molecule has 1 heterocycles. The Bertz CT molecular complexity index is 961. The molecule has 0 aliphatic carbocycles. The van der Waals surface area contributed by atoms with E-state index in [4.69, 9.17) is 0 Å². The van der Waals surface area contributed by atoms with E-state index in [2.05, 4.69) is 5.32 Å². The minimum absolute atomic E-state index is 0.131. The molecule has 1 N–H and O–H groups in total. The molecular weight excluding hydrogens is 327 g/mol. The number of benzene rings is 3. The summed E-state index contributed by atoms with van der Waals surface area (Å²) < 4.78 is 38.3. The smallest absolute Gasteiger partial charge is 0.325 e. The Balaban J connectivity index is 1.82. The summed E-state index contributed by atoms with van der Waals surface area (Å²) >= 11 is 0. The van der Waals surface area contributed by atoms with Crippen molar-refractivity contribution >= 4 is 22.4 Å². The molecule has 25 heavy (non-hydrogen) atoms. The molecule has 1 aliphatic heterocycles. The molecule has 0 bridgehead atoms. The SMILES string of the molecule is O=C1C[C@H](c2ccc(C(F)(F)F)cc2)c2ccc3ccccc3c2N1. The third kappa shape index (κ3) is 2.76. The lowest BCUT2D eigenvalue weighted by molar-refractivity contribution is -0.137. The van der Waals surface area contributed by atoms with Gasteiger partial charge in [0.05, 0.1) is 11.3 Å². The van der Waals surface area contributed by atoms with Crippen LogP contribution in [0.4, 0.5) is 18.9 Å². The lowest BCUT2D eigenvalue weighted by Gasteiger charge is -2.27. The van der Waals surface area contributed by atoms with Crippen LogP contribution in [-0.4, -0.2) is 5.91 Å². The van der Waals surface area contributed by atoms with Crippen LogP contribution in [0.3, 0.4) is 0 Å². The third-order valence-corrected chi connectivity index (χ3v) is 4.63. The van der Waals surface area contributed by atoms with Crippen LogP contribution in [0.5, 0.6) is 0 Å². The van der Waals surface area contributed by atoms with Gasteiger partial charge in [0.1, 0.15) is 0 Å². The molecule has 126 valence electrons. The maximum absolute atomic E-state index is 12.8. The number of hydrogen-bond acceptors (Lipinski definition) is 1. The van der Waals surface area contributed by atoms with Crippen LogP contribution < -0.4 is 5.32 Å². The number of rotatable bonds is 1. The van der Waals surface area contributed by atoms with E-state index in [9.17, 15) is 18.0 Å². The molecule has 3 aromatic carbocycles. The van der Waals surface area contributed by atoms with Gasteiger partial charge in [0, 0.05) is 17.7 Å². The van der Waals surface area contributed by atoms with Gasteiger partial charge in [0.15, 0.2) is 0 Å². The highest BCUT2D eigenvalue weighted by molar-refractivity contribution is 6.06. The first-order chi connectivity index (χ1) is 11.9. The van der Waals surface area contributed by atoms with Gasteiger partial charge in [-0.05, 0) is 28.6 Å². The summed E-state index contributed by atoms with van der Waals surface area (Å²) in [6, 6.07) is 16.7. The summed E-state index contributed by atoms with van der Waals surface area (Å²) in [5, 5.41) is 4.86. The van der Waals surface area contributed by atoms with E-state index in [1.165, 1.54) is 12.1 Å². The van der Waals surface area contributed by atoms with E-state index >= 15 is 0 Å². The average molecular weight is 341 g/mol. The van der Waals surface area contributed by atoms with Gasteiger partial charge in [-0.3, -0.25) is 4.79 Å². The van der Waals surface area contributed by atoms with Gasteiger partial charge in [-0.2, -0.15) is 13.2 Å². The van der Waals surface area contributed by atoms with Crippen molar-refractivity contribution in [2.45, 2.75) is 18.5 Å². The summed E-state index contributed by atoms with van der Waals surface area (Å²) in [7, 11) is 0. The highest BCUT2D eigenvalue weighted by atomic mass is 19.4. The van der Waals surface area contributed by atoms with E-state index in [0.717, 1.165) is 34.2 Å². The zero-order valence-electron chi connectivity index (χ0n) is 13.1. The second kappa shape index (κ2) is 5.62. The van der Waals surface area contributed by atoms with Crippen molar-refractivity contribution in [1.29, 1.82) is 0 Å². The van der Waals surface area contributed by atoms with Crippen LogP contribution in [0.15, 0.2) is 60.7 Å². The van der Waals surface area contributed by atoms with Crippen molar-refractivity contribution < 1.29 is 18.0 Å². The van der Waals surface area contributed by atoms with Crippen molar-refractivity contribution in [3.63, 3.8) is 0 Å². The molecule has 0 unspecified atom stereocenters. The Morgan fingerprint density at radius 1 is 0.920 bits per heavy atom. The van der Waals surface area contributed by atoms with Gasteiger partial charge in [-0.25, -0.2) is 0 Å². The number of anilines is 1. The Labute approximate surface area is 142 Å². The van der Waals surface area contributed by atoms with Gasteiger partial charge in [0.2, 0.25) is 5.91 Å². The summed E-state index contributed by atoms with van der Waals surface area (Å²) in [5.41, 5.74) is 1.70. The fourth-order valence-corrected chi connectivity index (χ4v) is 3.41. The average Bonchev–Trinajstić information content (AvgIpc) is 2.60. The molecule has 0 aromatic heterocycles. The molecule has 0 saturated heterocycles. The summed E-state index contributed by atoms with van der Waals surface area (Å²) in [6.45, 7) is 0. The minimum Gasteiger partial charge on any atom is -0.325 e. The van der Waals surface area contributed by atoms with Crippen LogP contribution in [0.1, 0.15) is 29.0 Å². The maximum Gasteiger partial charge on any atom is 0.416 e. The number of amides is 1. The second-order valence-electron chi connectivity index (χ2n) is 6.18. The van der Waals surface area contributed by atoms with Crippen molar-refractivity contribution in [3.05, 3.63) is 77.4 Å². The number of halogens is 3. The van der Waals surface area contributed by atoms with E-state index in [1.807, 2.05) is 36.4 Å². The van der Waals surface area contributed by atoms with Gasteiger partial charge < -0.3 is 5.32 Å². The molecule has 5 heteroatoms. The molecule has 2 nitrogen and oxygen atoms in total. The molecular formula is C20H14F3NO. The molecule has 3 aromatic rings. The molecule has 1 atom stereocenters. The first-order valence-corrected chi connectivity index (χ1v) is 7.92. The Morgan fingerprint density at radius 3 is 2.36 bits per heavy atom. The predicted octanol–water partition coefficient (Wildman–Crippen LogP) is 5.33. The first-order valence-electron chi connectivity index (χ1n) is 7.92. The molecule has 1 aliphatic rings. The normalized spacial score (nSPS) is 17.2. The lowest BCUT2D eigenvalue weighted by atomic mass is 9.83. The Kier molecular flexibility index (Phi) is 3.53. The number of carbonyl (C=O) groups excluding carboxylic acids is 1. The van der Waals surface area contributed by atoms with Gasteiger partial charge in [0.25, 0.3) is 0 Å². The van der Waals surface area contributed by atoms with Crippen LogP contribution >= 0.6 is 0 Å². The molecule has 0 spiro atoms. The predicted molar refractivity (Wildman–Crippen MR) is 90.5 cm³/mol. The minimum atomic E-state index is -4.36. The fourth-order valence-electron chi connectivity index (χ4n) is 3.41. The highest BCUT2D eigenvalue weighted by Gasteiger charge is 2.32. The van der Waals surface area contributed by atoms with Crippen molar-refractivity contribution in [3.8, 4) is 0 Å². The quantitative estimate of drug-likeness (QED) is 0.636. The van der Waals surface area contributed by atoms with Crippen LogP contribution in [0, 0.1) is 0 Å². The molecule has 0 radical (unpaired) electrons. The van der Waals surface area contributed by atoms with E-state index in [-0.39, 0.29) is 18.2 Å². The van der Waals surface area contributed by atoms with E-state index in [0.29, 0.717) is 5.56 Å². The molecule has 1 amide bonds. The first kappa shape index (κ1) is 15.7. The number of fused-ring (bicyclic) bond motifs is 3. The van der Waals surface area contributed by atoms with Gasteiger partial charge in [-0.1, -0.05) is 48.5 Å². The van der Waals surface area contributed by atoms with Crippen LogP contribution in [0.2, 0.25) is 0 Å². The number of nitrogens with one attached hydrogen (secondary N) is 1. The van der Waals surface area contributed by atoms with E-state index < -0.39 is 11.7 Å². The summed E-state index contributed by atoms with van der Waals surface area (Å²) in [6.07, 6.45) is -4.15. The van der Waals surface area contributed by atoms with Crippen LogP contribution in [0.25, 0.3) is 10.8 Å². The third-order valence-electron chi connectivity index (χ3n) is 4.63. The number of hydrogen-bond donors (Lipinski definition) is 1. The standard InChI is InChI=1S/C20H14F3NO/c21-20(22,23)14-8-5-13(6-9-14)17-11-18(25)24-19-15-4-2-1-3-12(15)7-10-16(17)19/h1-10,17H,11H2,(H,24,25)/t17-/m1/s1. The second-order valence-corrected chi connectivity index (χ2v) is 6.18. The Hall–Kier alpha value is -2.82. The zero-order valence-corrected chi connectivity index (χ0v) is 13.1. The number of alkyl halides is 3. The topological polar surface area (TPSA) is 29.1 Å². The van der Waals surface area contributed by atoms with Crippen molar-refractivity contribution in [2.75, 3.05) is 5.32 Å². The van der Waals surface area contributed by atoms with Crippen molar-refractivity contribution in [1.82, 2.24) is 0 Å². The molecule has 4 rings (SSSR count). The molecule has 0 fully saturated rings. The van der Waals surface area contributed by atoms with E-state index in [1.54, 1.807) is 0 Å². The van der Waals surface area contributed by atoms with Gasteiger partial charge in [-0.15, -0.1) is 0 Å². The molecule has 0 saturated carbocycles. The largest absolute Gasteiger partial charge is 0.416 e. The maximum atomic E-state index is 12.8. The van der Waals surface area contributed by atoms with Gasteiger partial charge >= 0.3 is 6.18 Å². The highest BCUT2D eigenvalue weighted by Crippen LogP contribution is 2.41. The fraction of sp³-hybridized carbons (Fsp3) is 0.150. The van der Waals surface area contributed by atoms with Crippen LogP contribution in [-0.2, 0) is 11.0 Å². The monoisotopic (exact) mass is 341 g/mol. The van der Waals surface area contributed by atoms with Crippen molar-refractivity contribution in [2.24, 2.45) is 0 Å². The zero-order chi connectivity index (χ0) is 17.6. The summed E-state index contributed by atoms with van der Waals surface area (Å²) in [5.74, 6) is -0.385. The summed E-state index contributed by atoms with van der Waals surface area (Å²) in [4.78, 5) is 12.2. The lowest BCUT2D eigenvalue weighted by Crippen LogP contribution is -2.23. The number of carbonyl (C=O) groups is 1.